The fraction of sp³-hybridized carbons (Fsp3) is 0.238. The molecule has 9 heteroatoms. The molecule has 0 saturated carbocycles. The molecule has 0 aliphatic carbocycles. The predicted octanol–water partition coefficient (Wildman–Crippen LogP) is 3.61. The van der Waals surface area contributed by atoms with E-state index in [0.717, 1.165) is 11.3 Å². The van der Waals surface area contributed by atoms with Crippen LogP contribution in [0.4, 0.5) is 10.8 Å². The highest BCUT2D eigenvalue weighted by atomic mass is 32.1. The molecule has 1 aliphatic rings. The number of thiazole rings is 1. The lowest BCUT2D eigenvalue weighted by Crippen LogP contribution is -2.26. The Labute approximate surface area is 177 Å². The van der Waals surface area contributed by atoms with Crippen LogP contribution in [0.1, 0.15) is 16.1 Å². The van der Waals surface area contributed by atoms with Crippen LogP contribution in [0.5, 0.6) is 23.0 Å². The molecule has 1 aromatic heterocycles. The van der Waals surface area contributed by atoms with E-state index in [4.69, 9.17) is 18.9 Å². The molecule has 8 nitrogen and oxygen atoms in total. The van der Waals surface area contributed by atoms with Crippen LogP contribution in [0.2, 0.25) is 0 Å². The lowest BCUT2D eigenvalue weighted by molar-refractivity contribution is 0.0950. The number of benzene rings is 2. The van der Waals surface area contributed by atoms with Crippen molar-refractivity contribution in [2.75, 3.05) is 32.9 Å². The summed E-state index contributed by atoms with van der Waals surface area (Å²) in [5.41, 5.74) is 2.22. The first-order valence-electron chi connectivity index (χ1n) is 9.27. The second-order valence-corrected chi connectivity index (χ2v) is 7.28. The monoisotopic (exact) mass is 427 g/mol. The molecule has 3 aromatic rings. The topological polar surface area (TPSA) is 90.9 Å². The van der Waals surface area contributed by atoms with Crippen LogP contribution in [0.15, 0.2) is 41.8 Å². The van der Waals surface area contributed by atoms with Crippen molar-refractivity contribution in [3.63, 3.8) is 0 Å². The van der Waals surface area contributed by atoms with Gasteiger partial charge in [0.05, 0.1) is 14.2 Å². The van der Waals surface area contributed by atoms with E-state index in [2.05, 4.69) is 15.6 Å². The summed E-state index contributed by atoms with van der Waals surface area (Å²) in [7, 11) is 3.20. The number of anilines is 2. The quantitative estimate of drug-likeness (QED) is 0.568. The van der Waals surface area contributed by atoms with Crippen LogP contribution in [-0.2, 0) is 6.42 Å². The number of carbonyl (C=O) groups excluding carboxylic acids is 1. The number of aromatic nitrogens is 1. The molecule has 2 aromatic carbocycles. The molecule has 0 bridgehead atoms. The molecule has 4 rings (SSSR count). The number of carbonyl (C=O) groups is 1. The van der Waals surface area contributed by atoms with Crippen LogP contribution in [0.3, 0.4) is 0 Å². The minimum atomic E-state index is -0.217. The summed E-state index contributed by atoms with van der Waals surface area (Å²) in [5, 5.41) is 8.42. The molecule has 156 valence electrons. The van der Waals surface area contributed by atoms with E-state index in [1.165, 1.54) is 11.3 Å². The van der Waals surface area contributed by atoms with Gasteiger partial charge in [0.25, 0.3) is 5.91 Å². The summed E-state index contributed by atoms with van der Waals surface area (Å²) in [4.78, 5) is 16.8. The molecule has 0 unspecified atom stereocenters. The number of nitrogens with one attached hydrogen (secondary N) is 2. The molecule has 1 amide bonds. The number of ether oxygens (including phenoxy) is 4. The molecule has 1 aliphatic heterocycles. The number of hydrogen-bond donors (Lipinski definition) is 2. The van der Waals surface area contributed by atoms with Gasteiger partial charge in [0.15, 0.2) is 28.1 Å². The van der Waals surface area contributed by atoms with E-state index in [0.29, 0.717) is 46.8 Å². The van der Waals surface area contributed by atoms with Crippen molar-refractivity contribution in [2.24, 2.45) is 0 Å². The summed E-state index contributed by atoms with van der Waals surface area (Å²) in [5.74, 6) is 2.53. The standard InChI is InChI=1S/C21H21N3O5S/c1-26-16-5-3-13(9-18(16)27-2)7-8-22-20(25)15-11-30-21(24-15)23-14-4-6-17-19(10-14)29-12-28-17/h3-6,9-11H,7-8,12H2,1-2H3,(H,22,25)(H,23,24). The molecular weight excluding hydrogens is 406 g/mol. The highest BCUT2D eigenvalue weighted by Gasteiger charge is 2.15. The first-order valence-corrected chi connectivity index (χ1v) is 10.2. The zero-order valence-corrected chi connectivity index (χ0v) is 17.4. The number of fused-ring (bicyclic) bond motifs is 1. The zero-order chi connectivity index (χ0) is 20.9. The maximum atomic E-state index is 12.4. The average Bonchev–Trinajstić information content (AvgIpc) is 3.42. The Bertz CT molecular complexity index is 1050. The highest BCUT2D eigenvalue weighted by molar-refractivity contribution is 7.14. The maximum Gasteiger partial charge on any atom is 0.270 e. The van der Waals surface area contributed by atoms with Crippen molar-refractivity contribution in [3.8, 4) is 23.0 Å². The van der Waals surface area contributed by atoms with Gasteiger partial charge in [-0.3, -0.25) is 4.79 Å². The van der Waals surface area contributed by atoms with Crippen molar-refractivity contribution in [3.05, 3.63) is 53.0 Å². The predicted molar refractivity (Wildman–Crippen MR) is 114 cm³/mol. The highest BCUT2D eigenvalue weighted by Crippen LogP contribution is 2.35. The Hall–Kier alpha value is -3.46. The van der Waals surface area contributed by atoms with Crippen LogP contribution in [0, 0.1) is 0 Å². The molecule has 0 fully saturated rings. The van der Waals surface area contributed by atoms with Crippen LogP contribution < -0.4 is 29.6 Å². The van der Waals surface area contributed by atoms with Gasteiger partial charge < -0.3 is 29.6 Å². The molecule has 0 saturated heterocycles. The summed E-state index contributed by atoms with van der Waals surface area (Å²) in [6.45, 7) is 0.709. The van der Waals surface area contributed by atoms with Gasteiger partial charge in [-0.1, -0.05) is 6.07 Å². The summed E-state index contributed by atoms with van der Waals surface area (Å²) >= 11 is 1.36. The Morgan fingerprint density at radius 2 is 1.93 bits per heavy atom. The second kappa shape index (κ2) is 8.91. The largest absolute Gasteiger partial charge is 0.493 e. The minimum Gasteiger partial charge on any atom is -0.493 e. The lowest BCUT2D eigenvalue weighted by Gasteiger charge is -2.09. The fourth-order valence-electron chi connectivity index (χ4n) is 2.98. The molecule has 2 heterocycles. The zero-order valence-electron chi connectivity index (χ0n) is 16.6. The normalized spacial score (nSPS) is 11.8. The van der Waals surface area contributed by atoms with E-state index < -0.39 is 0 Å². The van der Waals surface area contributed by atoms with Crippen molar-refractivity contribution >= 4 is 28.1 Å². The van der Waals surface area contributed by atoms with Gasteiger partial charge >= 0.3 is 0 Å². The fourth-order valence-corrected chi connectivity index (χ4v) is 3.69. The third-order valence-electron chi connectivity index (χ3n) is 4.51. The number of amides is 1. The van der Waals surface area contributed by atoms with Gasteiger partial charge in [0, 0.05) is 23.7 Å². The third-order valence-corrected chi connectivity index (χ3v) is 5.27. The number of rotatable bonds is 8. The molecule has 0 spiro atoms. The minimum absolute atomic E-state index is 0.217. The van der Waals surface area contributed by atoms with E-state index in [-0.39, 0.29) is 12.7 Å². The Balaban J connectivity index is 1.31. The first kappa shape index (κ1) is 19.8. The smallest absolute Gasteiger partial charge is 0.270 e. The van der Waals surface area contributed by atoms with Crippen molar-refractivity contribution < 1.29 is 23.7 Å². The maximum absolute atomic E-state index is 12.4. The van der Waals surface area contributed by atoms with E-state index >= 15 is 0 Å². The van der Waals surface area contributed by atoms with Crippen LogP contribution in [0.25, 0.3) is 0 Å². The van der Waals surface area contributed by atoms with Gasteiger partial charge in [0.2, 0.25) is 6.79 Å². The van der Waals surface area contributed by atoms with Gasteiger partial charge in [0.1, 0.15) is 5.69 Å². The van der Waals surface area contributed by atoms with Gasteiger partial charge in [-0.2, -0.15) is 0 Å². The lowest BCUT2D eigenvalue weighted by atomic mass is 10.1. The first-order chi connectivity index (χ1) is 14.7. The summed E-state index contributed by atoms with van der Waals surface area (Å²) in [6.07, 6.45) is 0.665. The number of nitrogens with zero attached hydrogens (tertiary/aromatic N) is 1. The number of hydrogen-bond acceptors (Lipinski definition) is 8. The average molecular weight is 427 g/mol. The Morgan fingerprint density at radius 3 is 2.77 bits per heavy atom. The molecule has 30 heavy (non-hydrogen) atoms. The number of methoxy groups -OCH3 is 2. The van der Waals surface area contributed by atoms with Gasteiger partial charge in [-0.25, -0.2) is 4.98 Å². The Morgan fingerprint density at radius 1 is 1.10 bits per heavy atom. The molecule has 0 atom stereocenters. The third kappa shape index (κ3) is 4.41. The van der Waals surface area contributed by atoms with Crippen LogP contribution in [-0.4, -0.2) is 38.4 Å². The summed E-state index contributed by atoms with van der Waals surface area (Å²) in [6, 6.07) is 11.2. The molecule has 0 radical (unpaired) electrons. The van der Waals surface area contributed by atoms with Crippen molar-refractivity contribution in [2.45, 2.75) is 6.42 Å². The SMILES string of the molecule is COc1ccc(CCNC(=O)c2csc(Nc3ccc4c(c3)OCO4)n2)cc1OC. The van der Waals surface area contributed by atoms with E-state index in [1.807, 2.05) is 36.4 Å². The van der Waals surface area contributed by atoms with Gasteiger partial charge in [-0.05, 0) is 36.2 Å². The Kier molecular flexibility index (Phi) is 5.89. The van der Waals surface area contributed by atoms with Crippen molar-refractivity contribution in [1.82, 2.24) is 10.3 Å². The molecule has 2 N–H and O–H groups in total. The van der Waals surface area contributed by atoms with Crippen molar-refractivity contribution in [1.29, 1.82) is 0 Å². The second-order valence-electron chi connectivity index (χ2n) is 6.43. The van der Waals surface area contributed by atoms with E-state index in [1.54, 1.807) is 19.6 Å². The summed E-state index contributed by atoms with van der Waals surface area (Å²) < 4.78 is 21.2. The van der Waals surface area contributed by atoms with E-state index in [9.17, 15) is 4.79 Å². The van der Waals surface area contributed by atoms with Crippen LogP contribution >= 0.6 is 11.3 Å². The van der Waals surface area contributed by atoms with Gasteiger partial charge in [-0.15, -0.1) is 11.3 Å². The molecular formula is C21H21N3O5S.